The zero-order chi connectivity index (χ0) is 25.9. The molecular weight excluding hydrogens is 473 g/mol. The Bertz CT molecular complexity index is 1620. The van der Waals surface area contributed by atoms with Crippen molar-refractivity contribution in [3.63, 3.8) is 0 Å². The number of pyridine rings is 1. The molecule has 0 radical (unpaired) electrons. The van der Waals surface area contributed by atoms with Gasteiger partial charge in [0.1, 0.15) is 11.5 Å². The van der Waals surface area contributed by atoms with Gasteiger partial charge < -0.3 is 24.9 Å². The van der Waals surface area contributed by atoms with Crippen LogP contribution < -0.4 is 10.6 Å². The van der Waals surface area contributed by atoms with Gasteiger partial charge in [-0.3, -0.25) is 4.79 Å². The SMILES string of the molecule is COC(=O)c1c(NC(C)=O)c2cc(NCc3ccccc3F)cnc2n1CCc1c[nH]c2ccccc12. The molecule has 0 atom stereocenters. The monoisotopic (exact) mass is 499 g/mol. The van der Waals surface area contributed by atoms with Crippen LogP contribution in [-0.2, 0) is 29.0 Å². The molecule has 0 aliphatic carbocycles. The van der Waals surface area contributed by atoms with E-state index in [2.05, 4.69) is 20.6 Å². The predicted octanol–water partition coefficient (Wildman–Crippen LogP) is 5.26. The Morgan fingerprint density at radius 2 is 1.86 bits per heavy atom. The highest BCUT2D eigenvalue weighted by molar-refractivity contribution is 6.11. The van der Waals surface area contributed by atoms with Gasteiger partial charge in [0, 0.05) is 48.1 Å². The zero-order valence-electron chi connectivity index (χ0n) is 20.5. The second-order valence-corrected chi connectivity index (χ2v) is 8.70. The van der Waals surface area contributed by atoms with Gasteiger partial charge in [-0.15, -0.1) is 0 Å². The molecule has 0 aliphatic rings. The number of esters is 1. The molecule has 3 heterocycles. The van der Waals surface area contributed by atoms with Gasteiger partial charge in [-0.1, -0.05) is 36.4 Å². The molecule has 8 nitrogen and oxygen atoms in total. The van der Waals surface area contributed by atoms with E-state index in [-0.39, 0.29) is 24.0 Å². The van der Waals surface area contributed by atoms with Crippen molar-refractivity contribution in [1.29, 1.82) is 0 Å². The minimum absolute atomic E-state index is 0.214. The maximum Gasteiger partial charge on any atom is 0.356 e. The van der Waals surface area contributed by atoms with Crippen LogP contribution in [0.15, 0.2) is 67.0 Å². The number of aromatic amines is 1. The third kappa shape index (κ3) is 4.75. The molecule has 37 heavy (non-hydrogen) atoms. The van der Waals surface area contributed by atoms with Gasteiger partial charge in [-0.05, 0) is 30.2 Å². The van der Waals surface area contributed by atoms with Gasteiger partial charge in [-0.2, -0.15) is 0 Å². The number of para-hydroxylation sites is 1. The van der Waals surface area contributed by atoms with Crippen molar-refractivity contribution >= 4 is 45.2 Å². The number of carbonyl (C=O) groups excluding carboxylic acids is 2. The van der Waals surface area contributed by atoms with Crippen molar-refractivity contribution in [2.75, 3.05) is 17.7 Å². The normalized spacial score (nSPS) is 11.1. The lowest BCUT2D eigenvalue weighted by atomic mass is 10.1. The summed E-state index contributed by atoms with van der Waals surface area (Å²) >= 11 is 0. The van der Waals surface area contributed by atoms with Crippen molar-refractivity contribution in [3.05, 3.63) is 89.6 Å². The Balaban J connectivity index is 1.55. The van der Waals surface area contributed by atoms with Gasteiger partial charge in [0.15, 0.2) is 5.69 Å². The molecule has 0 fully saturated rings. The summed E-state index contributed by atoms with van der Waals surface area (Å²) in [6, 6.07) is 16.3. The lowest BCUT2D eigenvalue weighted by Crippen LogP contribution is -2.16. The van der Waals surface area contributed by atoms with E-state index >= 15 is 0 Å². The molecule has 3 aromatic heterocycles. The molecule has 188 valence electrons. The van der Waals surface area contributed by atoms with Gasteiger partial charge in [0.25, 0.3) is 0 Å². The molecule has 0 spiro atoms. The maximum absolute atomic E-state index is 14.1. The number of ether oxygens (including phenoxy) is 1. The van der Waals surface area contributed by atoms with Crippen molar-refractivity contribution < 1.29 is 18.7 Å². The highest BCUT2D eigenvalue weighted by Gasteiger charge is 2.25. The molecule has 2 aromatic carbocycles. The number of H-pyrrole nitrogens is 1. The second kappa shape index (κ2) is 10.1. The minimum atomic E-state index is -0.582. The van der Waals surface area contributed by atoms with Crippen LogP contribution in [-0.4, -0.2) is 33.5 Å². The number of aryl methyl sites for hydroxylation is 2. The number of methoxy groups -OCH3 is 1. The smallest absolute Gasteiger partial charge is 0.356 e. The van der Waals surface area contributed by atoms with E-state index in [0.29, 0.717) is 40.9 Å². The fraction of sp³-hybridized carbons (Fsp3) is 0.179. The van der Waals surface area contributed by atoms with E-state index in [1.54, 1.807) is 35.0 Å². The highest BCUT2D eigenvalue weighted by Crippen LogP contribution is 2.33. The quantitative estimate of drug-likeness (QED) is 0.253. The molecule has 1 amide bonds. The van der Waals surface area contributed by atoms with Crippen molar-refractivity contribution in [2.24, 2.45) is 0 Å². The standard InChI is InChI=1S/C28H26FN5O3/c1-17(35)33-25-22-13-20(30-15-19-7-3-5-9-23(19)29)16-32-27(22)34(26(25)28(36)37-2)12-11-18-14-31-24-10-6-4-8-21(18)24/h3-10,13-14,16,30-31H,11-12,15H2,1-2H3,(H,33,35). The molecule has 0 bridgehead atoms. The minimum Gasteiger partial charge on any atom is -0.464 e. The summed E-state index contributed by atoms with van der Waals surface area (Å²) in [5.74, 6) is -1.22. The third-order valence-corrected chi connectivity index (χ3v) is 6.30. The van der Waals surface area contributed by atoms with Crippen LogP contribution >= 0.6 is 0 Å². The van der Waals surface area contributed by atoms with Gasteiger partial charge in [0.05, 0.1) is 24.7 Å². The number of amides is 1. The van der Waals surface area contributed by atoms with Gasteiger partial charge in [0.2, 0.25) is 5.91 Å². The van der Waals surface area contributed by atoms with E-state index in [9.17, 15) is 14.0 Å². The first-order valence-electron chi connectivity index (χ1n) is 11.9. The van der Waals surface area contributed by atoms with Crippen LogP contribution in [0, 0.1) is 5.82 Å². The Morgan fingerprint density at radius 3 is 2.65 bits per heavy atom. The number of nitrogens with one attached hydrogen (secondary N) is 3. The van der Waals surface area contributed by atoms with Crippen molar-refractivity contribution in [3.8, 4) is 0 Å². The van der Waals surface area contributed by atoms with E-state index in [1.165, 1.54) is 20.1 Å². The summed E-state index contributed by atoms with van der Waals surface area (Å²) in [6.07, 6.45) is 4.21. The second-order valence-electron chi connectivity index (χ2n) is 8.70. The third-order valence-electron chi connectivity index (χ3n) is 6.30. The molecule has 0 aliphatic heterocycles. The number of benzene rings is 2. The van der Waals surface area contributed by atoms with Crippen LogP contribution in [0.2, 0.25) is 0 Å². The molecule has 9 heteroatoms. The number of rotatable bonds is 8. The first kappa shape index (κ1) is 24.1. The fourth-order valence-corrected chi connectivity index (χ4v) is 4.56. The van der Waals surface area contributed by atoms with Gasteiger partial charge >= 0.3 is 5.97 Å². The van der Waals surface area contributed by atoms with Crippen molar-refractivity contribution in [1.82, 2.24) is 14.5 Å². The number of carbonyl (C=O) groups is 2. The van der Waals surface area contributed by atoms with Crippen LogP contribution in [0.5, 0.6) is 0 Å². The molecule has 5 aromatic rings. The summed E-state index contributed by atoms with van der Waals surface area (Å²) in [5, 5.41) is 7.65. The summed E-state index contributed by atoms with van der Waals surface area (Å²) in [5.41, 5.74) is 4.33. The fourth-order valence-electron chi connectivity index (χ4n) is 4.56. The van der Waals surface area contributed by atoms with Crippen LogP contribution in [0.3, 0.4) is 0 Å². The lowest BCUT2D eigenvalue weighted by Gasteiger charge is -2.10. The predicted molar refractivity (Wildman–Crippen MR) is 141 cm³/mol. The number of halogens is 1. The number of anilines is 2. The summed E-state index contributed by atoms with van der Waals surface area (Å²) in [4.78, 5) is 32.9. The van der Waals surface area contributed by atoms with E-state index in [1.807, 2.05) is 30.5 Å². The van der Waals surface area contributed by atoms with E-state index in [4.69, 9.17) is 4.74 Å². The van der Waals surface area contributed by atoms with Crippen LogP contribution in [0.25, 0.3) is 21.9 Å². The number of aromatic nitrogens is 3. The highest BCUT2D eigenvalue weighted by atomic mass is 19.1. The Labute approximate surface area is 212 Å². The van der Waals surface area contributed by atoms with Gasteiger partial charge in [-0.25, -0.2) is 14.2 Å². The Morgan fingerprint density at radius 1 is 1.08 bits per heavy atom. The molecule has 0 saturated carbocycles. The number of fused-ring (bicyclic) bond motifs is 2. The Kier molecular flexibility index (Phi) is 6.59. The number of nitrogens with zero attached hydrogens (tertiary/aromatic N) is 2. The molecule has 0 unspecified atom stereocenters. The van der Waals surface area contributed by atoms with E-state index in [0.717, 1.165) is 16.5 Å². The first-order valence-corrected chi connectivity index (χ1v) is 11.9. The first-order chi connectivity index (χ1) is 18.0. The molecule has 3 N–H and O–H groups in total. The number of hydrogen-bond acceptors (Lipinski definition) is 5. The summed E-state index contributed by atoms with van der Waals surface area (Å²) in [7, 11) is 1.30. The molecule has 0 saturated heterocycles. The molecule has 5 rings (SSSR count). The summed E-state index contributed by atoms with van der Waals surface area (Å²) in [6.45, 7) is 2.06. The topological polar surface area (TPSA) is 101 Å². The number of hydrogen-bond donors (Lipinski definition) is 3. The largest absolute Gasteiger partial charge is 0.464 e. The average Bonchev–Trinajstić information content (AvgIpc) is 3.45. The zero-order valence-corrected chi connectivity index (χ0v) is 20.5. The van der Waals surface area contributed by atoms with Crippen molar-refractivity contribution in [2.45, 2.75) is 26.4 Å². The Hall–Kier alpha value is -4.66. The molecular formula is C28H26FN5O3. The average molecular weight is 500 g/mol. The maximum atomic E-state index is 14.1. The van der Waals surface area contributed by atoms with Crippen LogP contribution in [0.1, 0.15) is 28.5 Å². The van der Waals surface area contributed by atoms with Crippen LogP contribution in [0.4, 0.5) is 15.8 Å². The van der Waals surface area contributed by atoms with E-state index < -0.39 is 5.97 Å². The lowest BCUT2D eigenvalue weighted by molar-refractivity contribution is -0.114. The summed E-state index contributed by atoms with van der Waals surface area (Å²) < 4.78 is 20.9.